The van der Waals surface area contributed by atoms with E-state index < -0.39 is 0 Å². The van der Waals surface area contributed by atoms with Crippen LogP contribution in [0.5, 0.6) is 0 Å². The van der Waals surface area contributed by atoms with Crippen LogP contribution >= 0.6 is 11.3 Å². The lowest BCUT2D eigenvalue weighted by molar-refractivity contribution is 0.979. The van der Waals surface area contributed by atoms with Crippen molar-refractivity contribution in [1.82, 2.24) is 19.6 Å². The van der Waals surface area contributed by atoms with Crippen LogP contribution in [0, 0.1) is 0 Å². The van der Waals surface area contributed by atoms with E-state index in [1.165, 1.54) is 25.7 Å². The number of benzene rings is 8. The third-order valence-corrected chi connectivity index (χ3v) is 12.9. The maximum Gasteiger partial charge on any atom is 0.160 e. The van der Waals surface area contributed by atoms with Crippen LogP contribution in [-0.2, 0) is 0 Å². The summed E-state index contributed by atoms with van der Waals surface area (Å²) in [7, 11) is 0. The van der Waals surface area contributed by atoms with Crippen molar-refractivity contribution in [3.05, 3.63) is 218 Å². The molecule has 0 radical (unpaired) electrons. The maximum absolute atomic E-state index is 5.45. The molecule has 4 aromatic heterocycles. The summed E-state index contributed by atoms with van der Waals surface area (Å²) in [5.41, 5.74) is 14.4. The average Bonchev–Trinajstić information content (AvgIpc) is 3.94. The molecule has 0 spiro atoms. The van der Waals surface area contributed by atoms with Crippen LogP contribution in [-0.4, -0.2) is 19.6 Å². The van der Waals surface area contributed by atoms with Gasteiger partial charge in [0.1, 0.15) is 5.69 Å². The summed E-state index contributed by atoms with van der Waals surface area (Å²) >= 11 is 1.84. The lowest BCUT2D eigenvalue weighted by Gasteiger charge is -2.13. The largest absolute Gasteiger partial charge is 0.231 e. The minimum Gasteiger partial charge on any atom is -0.231 e. The minimum absolute atomic E-state index is 0.681. The molecule has 0 bridgehead atoms. The van der Waals surface area contributed by atoms with Crippen molar-refractivity contribution in [2.75, 3.05) is 0 Å². The minimum atomic E-state index is 0.681. The molecular weight excluding hydrogens is 773 g/mol. The number of rotatable bonds is 7. The highest BCUT2D eigenvalue weighted by atomic mass is 32.1. The molecule has 0 amide bonds. The second kappa shape index (κ2) is 14.9. The first kappa shape index (κ1) is 35.9. The second-order valence-corrected chi connectivity index (χ2v) is 16.7. The smallest absolute Gasteiger partial charge is 0.160 e. The molecule has 8 aromatic carbocycles. The van der Waals surface area contributed by atoms with Crippen LogP contribution in [0.1, 0.15) is 0 Å². The average molecular weight is 809 g/mol. The van der Waals surface area contributed by atoms with Crippen molar-refractivity contribution >= 4 is 47.8 Å². The molecule has 0 saturated carbocycles. The zero-order valence-corrected chi connectivity index (χ0v) is 34.3. The molecule has 0 aliphatic carbocycles. The maximum atomic E-state index is 5.45. The Morgan fingerprint density at radius 1 is 0.355 bits per heavy atom. The van der Waals surface area contributed by atoms with Gasteiger partial charge in [-0.05, 0) is 58.5 Å². The lowest BCUT2D eigenvalue weighted by Crippen LogP contribution is -1.98. The number of thiophene rings is 1. The Balaban J connectivity index is 1.02. The third kappa shape index (κ3) is 6.26. The number of aromatic nitrogens is 4. The Kier molecular flexibility index (Phi) is 8.65. The Morgan fingerprint density at radius 2 is 0.903 bits per heavy atom. The summed E-state index contributed by atoms with van der Waals surface area (Å²) in [4.78, 5) is 10.5. The summed E-state index contributed by atoms with van der Waals surface area (Å²) in [5, 5.41) is 10.4. The van der Waals surface area contributed by atoms with Gasteiger partial charge < -0.3 is 0 Å². The summed E-state index contributed by atoms with van der Waals surface area (Å²) < 4.78 is 4.74. The molecule has 4 nitrogen and oxygen atoms in total. The van der Waals surface area contributed by atoms with Crippen LogP contribution in [0.25, 0.3) is 115 Å². The standard InChI is InChI=1S/C57H36N4S/c1-4-16-37(17-5-1)54-55(38-18-6-2-7-19-38)60-61-51(34-42-22-10-11-27-46(42)56(54)61)45-26-15-25-44(33-45)50-36-49(58-57(59-50)39-20-8-3-9-21-39)43-24-14-23-40(32-43)41-30-31-48-47-28-12-13-29-52(47)62-53(48)35-41/h1-36H. The van der Waals surface area contributed by atoms with E-state index >= 15 is 0 Å². The molecule has 0 aliphatic rings. The molecule has 0 aliphatic heterocycles. The van der Waals surface area contributed by atoms with Gasteiger partial charge in [-0.25, -0.2) is 14.5 Å². The Bertz CT molecular complexity index is 3630. The third-order valence-electron chi connectivity index (χ3n) is 11.8. The van der Waals surface area contributed by atoms with Crippen molar-refractivity contribution < 1.29 is 0 Å². The Labute approximate surface area is 362 Å². The zero-order chi connectivity index (χ0) is 41.0. The predicted octanol–water partition coefficient (Wildman–Crippen LogP) is 15.3. The number of hydrogen-bond acceptors (Lipinski definition) is 4. The fourth-order valence-corrected chi connectivity index (χ4v) is 9.98. The number of pyridine rings is 1. The van der Waals surface area contributed by atoms with Crippen LogP contribution in [0.3, 0.4) is 0 Å². The highest BCUT2D eigenvalue weighted by Crippen LogP contribution is 2.42. The van der Waals surface area contributed by atoms with Crippen LogP contribution in [0.4, 0.5) is 0 Å². The SMILES string of the molecule is c1ccc(-c2nc(-c3cccc(-c4ccc5c(c4)sc4ccccc45)c3)cc(-c3cccc(-c4cc5ccccc5c5c(-c6ccccc6)c(-c6ccccc6)nn45)c3)n2)cc1. The van der Waals surface area contributed by atoms with Crippen molar-refractivity contribution in [3.8, 4) is 78.7 Å². The predicted molar refractivity (Wildman–Crippen MR) is 259 cm³/mol. The molecule has 0 fully saturated rings. The van der Waals surface area contributed by atoms with E-state index in [0.717, 1.165) is 83.6 Å². The molecule has 12 rings (SSSR count). The first-order valence-corrected chi connectivity index (χ1v) is 21.7. The number of hydrogen-bond donors (Lipinski definition) is 0. The van der Waals surface area contributed by atoms with E-state index in [0.29, 0.717) is 5.82 Å². The molecule has 290 valence electrons. The van der Waals surface area contributed by atoms with E-state index in [1.54, 1.807) is 0 Å². The first-order chi connectivity index (χ1) is 30.7. The van der Waals surface area contributed by atoms with Crippen molar-refractivity contribution in [3.63, 3.8) is 0 Å². The molecular formula is C57H36N4S. The lowest BCUT2D eigenvalue weighted by atomic mass is 9.96. The van der Waals surface area contributed by atoms with Crippen LogP contribution in [0.2, 0.25) is 0 Å². The van der Waals surface area contributed by atoms with E-state index in [2.05, 4.69) is 205 Å². The first-order valence-electron chi connectivity index (χ1n) is 20.8. The summed E-state index contributed by atoms with van der Waals surface area (Å²) in [6, 6.07) is 77.3. The Hall–Kier alpha value is -7.99. The highest BCUT2D eigenvalue weighted by molar-refractivity contribution is 7.25. The molecule has 0 saturated heterocycles. The normalized spacial score (nSPS) is 11.5. The van der Waals surface area contributed by atoms with Gasteiger partial charge in [0.2, 0.25) is 0 Å². The van der Waals surface area contributed by atoms with Gasteiger partial charge in [-0.1, -0.05) is 182 Å². The topological polar surface area (TPSA) is 43.1 Å². The fraction of sp³-hybridized carbons (Fsp3) is 0. The van der Waals surface area contributed by atoms with Gasteiger partial charge in [0.05, 0.1) is 22.6 Å². The Morgan fingerprint density at radius 3 is 1.65 bits per heavy atom. The van der Waals surface area contributed by atoms with Gasteiger partial charge in [-0.15, -0.1) is 11.3 Å². The van der Waals surface area contributed by atoms with Crippen molar-refractivity contribution in [2.45, 2.75) is 0 Å². The van der Waals surface area contributed by atoms with E-state index in [4.69, 9.17) is 15.1 Å². The summed E-state index contributed by atoms with van der Waals surface area (Å²) in [5.74, 6) is 0.681. The second-order valence-electron chi connectivity index (χ2n) is 15.6. The number of fused-ring (bicyclic) bond motifs is 6. The van der Waals surface area contributed by atoms with Gasteiger partial charge in [0, 0.05) is 58.9 Å². The molecule has 4 heterocycles. The molecule has 12 aromatic rings. The molecule has 0 atom stereocenters. The molecule has 62 heavy (non-hydrogen) atoms. The van der Waals surface area contributed by atoms with E-state index in [-0.39, 0.29) is 0 Å². The molecule has 0 N–H and O–H groups in total. The fourth-order valence-electron chi connectivity index (χ4n) is 8.83. The molecule has 5 heteroatoms. The number of nitrogens with zero attached hydrogens (tertiary/aromatic N) is 4. The van der Waals surface area contributed by atoms with Gasteiger partial charge in [0.15, 0.2) is 5.82 Å². The van der Waals surface area contributed by atoms with Crippen molar-refractivity contribution in [2.24, 2.45) is 0 Å². The van der Waals surface area contributed by atoms with E-state index in [9.17, 15) is 0 Å². The van der Waals surface area contributed by atoms with Gasteiger partial charge in [-0.2, -0.15) is 5.10 Å². The van der Waals surface area contributed by atoms with Crippen LogP contribution in [0.15, 0.2) is 218 Å². The zero-order valence-electron chi connectivity index (χ0n) is 33.5. The van der Waals surface area contributed by atoms with Gasteiger partial charge in [-0.3, -0.25) is 0 Å². The van der Waals surface area contributed by atoms with Crippen LogP contribution < -0.4 is 0 Å². The van der Waals surface area contributed by atoms with E-state index in [1.807, 2.05) is 29.5 Å². The van der Waals surface area contributed by atoms with Gasteiger partial charge in [0.25, 0.3) is 0 Å². The summed E-state index contributed by atoms with van der Waals surface area (Å²) in [6.45, 7) is 0. The van der Waals surface area contributed by atoms with Crippen molar-refractivity contribution in [1.29, 1.82) is 0 Å². The highest BCUT2D eigenvalue weighted by Gasteiger charge is 2.22. The summed E-state index contributed by atoms with van der Waals surface area (Å²) in [6.07, 6.45) is 0. The molecule has 0 unspecified atom stereocenters. The quantitative estimate of drug-likeness (QED) is 0.161. The monoisotopic (exact) mass is 808 g/mol. The van der Waals surface area contributed by atoms with Gasteiger partial charge >= 0.3 is 0 Å².